The van der Waals surface area contributed by atoms with Gasteiger partial charge in [0.05, 0.1) is 11.4 Å². The first-order valence-electron chi connectivity index (χ1n) is 7.00. The van der Waals surface area contributed by atoms with Gasteiger partial charge in [-0.15, -0.1) is 10.2 Å². The summed E-state index contributed by atoms with van der Waals surface area (Å²) in [7, 11) is 0. The van der Waals surface area contributed by atoms with E-state index in [1.807, 2.05) is 12.1 Å². The Morgan fingerprint density at radius 2 is 1.68 bits per heavy atom. The lowest BCUT2D eigenvalue weighted by atomic mass is 10.3. The van der Waals surface area contributed by atoms with E-state index in [-0.39, 0.29) is 11.2 Å². The molecule has 1 heterocycles. The van der Waals surface area contributed by atoms with Crippen LogP contribution in [0.2, 0.25) is 5.02 Å². The summed E-state index contributed by atoms with van der Waals surface area (Å²) >= 11 is 16.3. The quantitative estimate of drug-likeness (QED) is 0.358. The SMILES string of the molecule is Cc1[nH]n(-c2cccc(Cl)c2)c(=O)c1N=Nc1c(Br)cc(Br)cc1Br. The molecule has 1 aromatic heterocycles. The summed E-state index contributed by atoms with van der Waals surface area (Å²) in [6, 6.07) is 10.7. The maximum absolute atomic E-state index is 12.7. The number of rotatable bonds is 3. The molecule has 0 aliphatic rings. The van der Waals surface area contributed by atoms with Crippen LogP contribution in [-0.2, 0) is 0 Å². The minimum Gasteiger partial charge on any atom is -0.293 e. The van der Waals surface area contributed by atoms with Gasteiger partial charge in [0.15, 0.2) is 5.69 Å². The molecule has 0 spiro atoms. The first-order chi connectivity index (χ1) is 11.9. The van der Waals surface area contributed by atoms with Crippen LogP contribution in [-0.4, -0.2) is 9.78 Å². The molecule has 0 aliphatic carbocycles. The minimum absolute atomic E-state index is 0.238. The number of aryl methyl sites for hydroxylation is 1. The lowest BCUT2D eigenvalue weighted by Gasteiger charge is -2.01. The molecular formula is C16H10Br3ClN4O. The van der Waals surface area contributed by atoms with Crippen molar-refractivity contribution in [3.05, 3.63) is 70.9 Å². The molecule has 1 N–H and O–H groups in total. The number of hydrogen-bond acceptors (Lipinski definition) is 3. The molecule has 3 aromatic rings. The predicted molar refractivity (Wildman–Crippen MR) is 110 cm³/mol. The third-order valence-corrected chi connectivity index (χ3v) is 5.24. The molecule has 0 fully saturated rings. The fourth-order valence-corrected chi connectivity index (χ4v) is 4.78. The van der Waals surface area contributed by atoms with Gasteiger partial charge in [0.25, 0.3) is 5.56 Å². The average Bonchev–Trinajstić information content (AvgIpc) is 2.81. The second-order valence-corrected chi connectivity index (χ2v) is 8.18. The van der Waals surface area contributed by atoms with Crippen molar-refractivity contribution in [2.45, 2.75) is 6.92 Å². The van der Waals surface area contributed by atoms with E-state index in [1.54, 1.807) is 31.2 Å². The zero-order valence-corrected chi connectivity index (χ0v) is 18.2. The summed E-state index contributed by atoms with van der Waals surface area (Å²) in [5, 5.41) is 11.9. The predicted octanol–water partition coefficient (Wildman–Crippen LogP) is 6.83. The molecule has 0 saturated heterocycles. The Bertz CT molecular complexity index is 1020. The number of aromatic amines is 1. The van der Waals surface area contributed by atoms with Gasteiger partial charge in [-0.3, -0.25) is 9.89 Å². The van der Waals surface area contributed by atoms with Crippen LogP contribution in [0.4, 0.5) is 11.4 Å². The summed E-state index contributed by atoms with van der Waals surface area (Å²) < 4.78 is 3.79. The molecule has 0 unspecified atom stereocenters. The van der Waals surface area contributed by atoms with Crippen LogP contribution in [0.15, 0.2) is 64.8 Å². The van der Waals surface area contributed by atoms with Gasteiger partial charge in [-0.25, -0.2) is 4.68 Å². The fraction of sp³-hybridized carbons (Fsp3) is 0.0625. The molecule has 9 heteroatoms. The van der Waals surface area contributed by atoms with Crippen LogP contribution in [0.25, 0.3) is 5.69 Å². The summed E-state index contributed by atoms with van der Waals surface area (Å²) in [6.45, 7) is 1.77. The molecular weight excluding hydrogens is 539 g/mol. The van der Waals surface area contributed by atoms with Gasteiger partial charge in [-0.1, -0.05) is 33.6 Å². The zero-order chi connectivity index (χ0) is 18.1. The smallest absolute Gasteiger partial charge is 0.293 e. The summed E-state index contributed by atoms with van der Waals surface area (Å²) in [5.41, 5.74) is 1.78. The van der Waals surface area contributed by atoms with E-state index in [0.717, 1.165) is 13.4 Å². The number of hydrogen-bond donors (Lipinski definition) is 1. The first-order valence-corrected chi connectivity index (χ1v) is 9.76. The van der Waals surface area contributed by atoms with E-state index >= 15 is 0 Å². The maximum Gasteiger partial charge on any atom is 0.299 e. The van der Waals surface area contributed by atoms with E-state index in [9.17, 15) is 4.79 Å². The van der Waals surface area contributed by atoms with Crippen LogP contribution in [0.1, 0.15) is 5.69 Å². The first kappa shape index (κ1) is 18.6. The van der Waals surface area contributed by atoms with Gasteiger partial charge in [0.2, 0.25) is 0 Å². The highest BCUT2D eigenvalue weighted by molar-refractivity contribution is 9.11. The van der Waals surface area contributed by atoms with E-state index in [1.165, 1.54) is 4.68 Å². The Labute approximate surface area is 173 Å². The highest BCUT2D eigenvalue weighted by Crippen LogP contribution is 2.37. The van der Waals surface area contributed by atoms with Gasteiger partial charge in [-0.05, 0) is 69.1 Å². The van der Waals surface area contributed by atoms with Gasteiger partial charge in [0, 0.05) is 18.4 Å². The molecule has 5 nitrogen and oxygen atoms in total. The van der Waals surface area contributed by atoms with Crippen LogP contribution >= 0.6 is 59.4 Å². The molecule has 0 radical (unpaired) electrons. The van der Waals surface area contributed by atoms with Crippen LogP contribution in [0.5, 0.6) is 0 Å². The van der Waals surface area contributed by atoms with Crippen molar-refractivity contribution in [1.82, 2.24) is 9.78 Å². The number of benzene rings is 2. The third-order valence-electron chi connectivity index (χ3n) is 3.34. The standard InChI is InChI=1S/C16H10Br3ClN4O/c1-8-14(21-22-15-12(18)5-9(17)6-13(15)19)16(25)24(23-8)11-4-2-3-10(20)7-11/h2-7,23H,1H3. The molecule has 0 aliphatic heterocycles. The molecule has 128 valence electrons. The van der Waals surface area contributed by atoms with Crippen molar-refractivity contribution in [1.29, 1.82) is 0 Å². The molecule has 0 atom stereocenters. The summed E-state index contributed by atoms with van der Waals surface area (Å²) in [6.07, 6.45) is 0. The van der Waals surface area contributed by atoms with Crippen LogP contribution in [0.3, 0.4) is 0 Å². The molecule has 25 heavy (non-hydrogen) atoms. The lowest BCUT2D eigenvalue weighted by Crippen LogP contribution is -2.13. The van der Waals surface area contributed by atoms with Crippen molar-refractivity contribution < 1.29 is 0 Å². The average molecular weight is 549 g/mol. The zero-order valence-electron chi connectivity index (χ0n) is 12.7. The highest BCUT2D eigenvalue weighted by Gasteiger charge is 2.13. The second kappa shape index (κ2) is 7.57. The van der Waals surface area contributed by atoms with E-state index < -0.39 is 0 Å². The number of aromatic nitrogens is 2. The minimum atomic E-state index is -0.298. The summed E-state index contributed by atoms with van der Waals surface area (Å²) in [5.74, 6) is 0. The molecule has 2 aromatic carbocycles. The molecule has 3 rings (SSSR count). The molecule has 0 bridgehead atoms. The molecule has 0 saturated carbocycles. The molecule has 0 amide bonds. The second-order valence-electron chi connectivity index (χ2n) is 5.12. The number of nitrogens with zero attached hydrogens (tertiary/aromatic N) is 3. The van der Waals surface area contributed by atoms with Crippen molar-refractivity contribution in [3.8, 4) is 5.69 Å². The van der Waals surface area contributed by atoms with Crippen LogP contribution < -0.4 is 5.56 Å². The van der Waals surface area contributed by atoms with Gasteiger partial charge in [0.1, 0.15) is 5.69 Å². The van der Waals surface area contributed by atoms with E-state index in [2.05, 4.69) is 63.1 Å². The fourth-order valence-electron chi connectivity index (χ4n) is 2.18. The largest absolute Gasteiger partial charge is 0.299 e. The topological polar surface area (TPSA) is 62.5 Å². The maximum atomic E-state index is 12.7. The van der Waals surface area contributed by atoms with Gasteiger partial charge >= 0.3 is 0 Å². The normalized spacial score (nSPS) is 11.4. The summed E-state index contributed by atoms with van der Waals surface area (Å²) in [4.78, 5) is 12.7. The van der Waals surface area contributed by atoms with E-state index in [0.29, 0.717) is 22.1 Å². The Hall–Kier alpha value is -1.22. The van der Waals surface area contributed by atoms with Crippen molar-refractivity contribution in [2.24, 2.45) is 10.2 Å². The Morgan fingerprint density at radius 1 is 1.04 bits per heavy atom. The third kappa shape index (κ3) is 3.97. The monoisotopic (exact) mass is 546 g/mol. The number of nitrogens with one attached hydrogen (secondary N) is 1. The van der Waals surface area contributed by atoms with Crippen LogP contribution in [0, 0.1) is 6.92 Å². The lowest BCUT2D eigenvalue weighted by molar-refractivity contribution is 0.835. The van der Waals surface area contributed by atoms with Crippen molar-refractivity contribution in [2.75, 3.05) is 0 Å². The van der Waals surface area contributed by atoms with Gasteiger partial charge < -0.3 is 0 Å². The highest BCUT2D eigenvalue weighted by atomic mass is 79.9. The van der Waals surface area contributed by atoms with Crippen molar-refractivity contribution >= 4 is 70.8 Å². The Morgan fingerprint density at radius 3 is 2.32 bits per heavy atom. The van der Waals surface area contributed by atoms with Crippen molar-refractivity contribution in [3.63, 3.8) is 0 Å². The van der Waals surface area contributed by atoms with E-state index in [4.69, 9.17) is 11.6 Å². The Kier molecular flexibility index (Phi) is 5.62. The van der Waals surface area contributed by atoms with Gasteiger partial charge in [-0.2, -0.15) is 0 Å². The number of azo groups is 1. The number of halogens is 4. The Balaban J connectivity index is 2.04. The number of H-pyrrole nitrogens is 1.